The van der Waals surface area contributed by atoms with E-state index in [2.05, 4.69) is 15.3 Å². The zero-order chi connectivity index (χ0) is 21.4. The van der Waals surface area contributed by atoms with Gasteiger partial charge in [-0.15, -0.1) is 0 Å². The minimum Gasteiger partial charge on any atom is -0.481 e. The number of aliphatic carboxylic acids is 2. The molecule has 1 fully saturated rings. The Bertz CT molecular complexity index is 640. The largest absolute Gasteiger partial charge is 0.481 e. The third-order valence-electron chi connectivity index (χ3n) is 5.06. The summed E-state index contributed by atoms with van der Waals surface area (Å²) in [5.41, 5.74) is 5.47. The van der Waals surface area contributed by atoms with Gasteiger partial charge in [-0.05, 0) is 25.7 Å². The van der Waals surface area contributed by atoms with E-state index in [1.807, 2.05) is 4.90 Å². The zero-order valence-corrected chi connectivity index (χ0v) is 16.4. The number of hydrogen-bond acceptors (Lipinski definition) is 7. The predicted molar refractivity (Wildman–Crippen MR) is 106 cm³/mol. The van der Waals surface area contributed by atoms with Gasteiger partial charge in [0.1, 0.15) is 11.9 Å². The van der Waals surface area contributed by atoms with Gasteiger partial charge in [0.2, 0.25) is 5.96 Å². The van der Waals surface area contributed by atoms with E-state index in [-0.39, 0.29) is 19.0 Å². The molecular weight excluding hydrogens is 382 g/mol. The Morgan fingerprint density at radius 3 is 2.66 bits per heavy atom. The summed E-state index contributed by atoms with van der Waals surface area (Å²) < 4.78 is 0. The number of rotatable bonds is 11. The van der Waals surface area contributed by atoms with Gasteiger partial charge < -0.3 is 36.4 Å². The van der Waals surface area contributed by atoms with Crippen LogP contribution in [0.4, 0.5) is 0 Å². The smallest absolute Gasteiger partial charge is 0.320 e. The third-order valence-corrected chi connectivity index (χ3v) is 5.06. The second-order valence-corrected chi connectivity index (χ2v) is 7.48. The lowest BCUT2D eigenvalue weighted by Crippen LogP contribution is -2.42. The monoisotopic (exact) mass is 413 g/mol. The standard InChI is InChI=1S/C18H31N5O6/c19-11(17(28)29)5-4-7-20-18-21-12-9-13(24)14(25)10-23(16(12)22-18)8-3-1-2-6-15(26)27/h11-14,24-25H,1-10,19H2,(H,20,21)(H,26,27)(H,28,29)/t11-,12?,13-,14+/m0/s1. The number of unbranched alkanes of at least 4 members (excludes halogenated alkanes) is 2. The van der Waals surface area contributed by atoms with Gasteiger partial charge in [0.05, 0.1) is 18.2 Å². The first-order chi connectivity index (χ1) is 13.8. The maximum absolute atomic E-state index is 10.7. The number of nitrogens with zero attached hydrogens (tertiary/aromatic N) is 3. The topological polar surface area (TPSA) is 181 Å². The number of amidine groups is 1. The maximum atomic E-state index is 10.7. The van der Waals surface area contributed by atoms with Crippen LogP contribution in [0.25, 0.3) is 0 Å². The first-order valence-corrected chi connectivity index (χ1v) is 9.98. The van der Waals surface area contributed by atoms with Gasteiger partial charge in [-0.1, -0.05) is 6.42 Å². The van der Waals surface area contributed by atoms with Crippen molar-refractivity contribution < 1.29 is 30.0 Å². The molecule has 2 aliphatic rings. The lowest BCUT2D eigenvalue weighted by atomic mass is 10.1. The maximum Gasteiger partial charge on any atom is 0.320 e. The molecule has 0 radical (unpaired) electrons. The minimum atomic E-state index is -1.04. The molecule has 29 heavy (non-hydrogen) atoms. The van der Waals surface area contributed by atoms with Crippen molar-refractivity contribution in [3.8, 4) is 0 Å². The Balaban J connectivity index is 1.93. The SMILES string of the molecule is N[C@@H](CCCN=C1N=C2C(C[C@H](O)[C@H](O)CN2CCCCCC(=O)O)N1)C(=O)O. The molecule has 0 aromatic rings. The second kappa shape index (κ2) is 11.1. The number of carboxylic acid groups (broad SMARTS) is 2. The van der Waals surface area contributed by atoms with E-state index < -0.39 is 30.2 Å². The Morgan fingerprint density at radius 1 is 1.21 bits per heavy atom. The molecule has 11 heteroatoms. The molecule has 7 N–H and O–H groups in total. The lowest BCUT2D eigenvalue weighted by molar-refractivity contribution is -0.139. The molecule has 1 saturated heterocycles. The number of fused-ring (bicyclic) bond motifs is 1. The number of aliphatic imine (C=N–C) groups is 2. The molecule has 0 saturated carbocycles. The quantitative estimate of drug-likeness (QED) is 0.231. The fourth-order valence-electron chi connectivity index (χ4n) is 3.40. The highest BCUT2D eigenvalue weighted by Gasteiger charge is 2.37. The summed E-state index contributed by atoms with van der Waals surface area (Å²) in [6, 6.07) is -1.17. The normalized spacial score (nSPS) is 26.4. The molecule has 0 aromatic heterocycles. The van der Waals surface area contributed by atoms with Gasteiger partial charge >= 0.3 is 11.9 Å². The van der Waals surface area contributed by atoms with Crippen LogP contribution in [-0.2, 0) is 9.59 Å². The number of aliphatic hydroxyl groups is 2. The van der Waals surface area contributed by atoms with Gasteiger partial charge in [-0.3, -0.25) is 14.6 Å². The van der Waals surface area contributed by atoms with E-state index in [1.165, 1.54) is 0 Å². The van der Waals surface area contributed by atoms with Crippen molar-refractivity contribution in [2.24, 2.45) is 15.7 Å². The van der Waals surface area contributed by atoms with Crippen LogP contribution in [0.3, 0.4) is 0 Å². The Hall–Kier alpha value is -2.24. The van der Waals surface area contributed by atoms with Crippen molar-refractivity contribution in [2.75, 3.05) is 19.6 Å². The van der Waals surface area contributed by atoms with Crippen molar-refractivity contribution in [2.45, 2.75) is 69.2 Å². The summed E-state index contributed by atoms with van der Waals surface area (Å²) in [6.07, 6.45) is 1.59. The number of nitrogens with one attached hydrogen (secondary N) is 1. The van der Waals surface area contributed by atoms with E-state index in [0.717, 1.165) is 12.8 Å². The first kappa shape index (κ1) is 23.0. The summed E-state index contributed by atoms with van der Waals surface area (Å²) in [6.45, 7) is 1.23. The van der Waals surface area contributed by atoms with Crippen LogP contribution >= 0.6 is 0 Å². The van der Waals surface area contributed by atoms with E-state index in [9.17, 15) is 19.8 Å². The van der Waals surface area contributed by atoms with Crippen molar-refractivity contribution in [1.29, 1.82) is 0 Å². The Morgan fingerprint density at radius 2 is 1.97 bits per heavy atom. The molecule has 0 amide bonds. The van der Waals surface area contributed by atoms with Crippen LogP contribution < -0.4 is 11.1 Å². The molecule has 0 aliphatic carbocycles. The molecule has 2 heterocycles. The van der Waals surface area contributed by atoms with Crippen LogP contribution in [-0.4, -0.2) is 93.0 Å². The van der Waals surface area contributed by atoms with E-state index in [4.69, 9.17) is 15.9 Å². The van der Waals surface area contributed by atoms with Crippen LogP contribution in [0, 0.1) is 0 Å². The van der Waals surface area contributed by atoms with Crippen LogP contribution in [0.1, 0.15) is 44.9 Å². The Kier molecular flexibility index (Phi) is 8.80. The number of carbonyl (C=O) groups is 2. The molecule has 11 nitrogen and oxygen atoms in total. The molecule has 4 atom stereocenters. The van der Waals surface area contributed by atoms with Gasteiger partial charge in [0.15, 0.2) is 0 Å². The number of hydrogen-bond donors (Lipinski definition) is 6. The number of likely N-dealkylation sites (tertiary alicyclic amines) is 1. The number of β-amino-alcohol motifs (C(OH)–C–C–N with tert-alkyl or cyclic N) is 1. The summed E-state index contributed by atoms with van der Waals surface area (Å²) in [7, 11) is 0. The van der Waals surface area contributed by atoms with Crippen LogP contribution in [0.5, 0.6) is 0 Å². The summed E-state index contributed by atoms with van der Waals surface area (Å²) >= 11 is 0. The van der Waals surface area contributed by atoms with Crippen molar-refractivity contribution in [3.05, 3.63) is 0 Å². The number of nitrogens with two attached hydrogens (primary N) is 1. The van der Waals surface area contributed by atoms with Gasteiger partial charge in [-0.25, -0.2) is 0 Å². The van der Waals surface area contributed by atoms with E-state index in [0.29, 0.717) is 50.6 Å². The van der Waals surface area contributed by atoms with Gasteiger partial charge in [0.25, 0.3) is 0 Å². The molecule has 1 unspecified atom stereocenters. The molecule has 0 spiro atoms. The number of carboxylic acids is 2. The molecule has 2 aliphatic heterocycles. The van der Waals surface area contributed by atoms with Crippen molar-refractivity contribution >= 4 is 23.7 Å². The zero-order valence-electron chi connectivity index (χ0n) is 16.4. The van der Waals surface area contributed by atoms with Gasteiger partial charge in [0, 0.05) is 32.5 Å². The predicted octanol–water partition coefficient (Wildman–Crippen LogP) is -1.02. The minimum absolute atomic E-state index is 0.134. The lowest BCUT2D eigenvalue weighted by Gasteiger charge is -2.25. The highest BCUT2D eigenvalue weighted by atomic mass is 16.4. The van der Waals surface area contributed by atoms with Crippen molar-refractivity contribution in [1.82, 2.24) is 10.2 Å². The summed E-state index contributed by atoms with van der Waals surface area (Å²) in [5, 5.41) is 41.0. The highest BCUT2D eigenvalue weighted by molar-refractivity contribution is 6.05. The molecule has 164 valence electrons. The number of aliphatic hydroxyl groups excluding tert-OH is 2. The molecule has 0 aromatic carbocycles. The number of guanidine groups is 1. The molecule has 2 rings (SSSR count). The third kappa shape index (κ3) is 7.26. The molecular formula is C18H31N5O6. The van der Waals surface area contributed by atoms with E-state index >= 15 is 0 Å². The van der Waals surface area contributed by atoms with Gasteiger partial charge in [-0.2, -0.15) is 4.99 Å². The average Bonchev–Trinajstić information content (AvgIpc) is 3.01. The fourth-order valence-corrected chi connectivity index (χ4v) is 3.40. The van der Waals surface area contributed by atoms with E-state index in [1.54, 1.807) is 0 Å². The van der Waals surface area contributed by atoms with Crippen molar-refractivity contribution in [3.63, 3.8) is 0 Å². The Labute approximate surface area is 169 Å². The van der Waals surface area contributed by atoms with Crippen LogP contribution in [0.15, 0.2) is 9.98 Å². The average molecular weight is 413 g/mol. The summed E-state index contributed by atoms with van der Waals surface area (Å²) in [5.74, 6) is -0.716. The molecule has 0 bridgehead atoms. The first-order valence-electron chi connectivity index (χ1n) is 9.98. The fraction of sp³-hybridized carbons (Fsp3) is 0.778. The highest BCUT2D eigenvalue weighted by Crippen LogP contribution is 2.19. The second-order valence-electron chi connectivity index (χ2n) is 7.48. The summed E-state index contributed by atoms with van der Waals surface area (Å²) in [4.78, 5) is 32.1. The van der Waals surface area contributed by atoms with Crippen LogP contribution in [0.2, 0.25) is 0 Å².